The molecular formula is C80H118Si2Sn2. The van der Waals surface area contributed by atoms with Gasteiger partial charge in [0, 0.05) is 0 Å². The zero-order valence-corrected chi connectivity index (χ0v) is 66.9. The molecule has 4 aromatic carbocycles. The van der Waals surface area contributed by atoms with Gasteiger partial charge in [-0.3, -0.25) is 0 Å². The van der Waals surface area contributed by atoms with Crippen LogP contribution in [0.4, 0.5) is 0 Å². The van der Waals surface area contributed by atoms with Gasteiger partial charge in [-0.1, -0.05) is 0 Å². The minimum absolute atomic E-state index is 0.00865. The van der Waals surface area contributed by atoms with Crippen LogP contribution in [0.1, 0.15) is 253 Å². The van der Waals surface area contributed by atoms with Crippen LogP contribution in [-0.2, 0) is 5.41 Å². The summed E-state index contributed by atoms with van der Waals surface area (Å²) in [5.41, 5.74) is 28.6. The first-order valence-electron chi connectivity index (χ1n) is 34.2. The molecule has 0 saturated heterocycles. The average Bonchev–Trinajstić information content (AvgIpc) is 1.42. The van der Waals surface area contributed by atoms with Crippen molar-refractivity contribution in [1.29, 1.82) is 0 Å². The van der Waals surface area contributed by atoms with Crippen molar-refractivity contribution in [2.45, 2.75) is 259 Å². The Balaban J connectivity index is 1.74. The van der Waals surface area contributed by atoms with E-state index in [1.54, 1.807) is 66.8 Å². The molecule has 0 N–H and O–H groups in total. The van der Waals surface area contributed by atoms with Crippen LogP contribution >= 0.6 is 0 Å². The van der Waals surface area contributed by atoms with Crippen LogP contribution in [0.5, 0.6) is 0 Å². The quantitative estimate of drug-likeness (QED) is 0.0981. The van der Waals surface area contributed by atoms with E-state index in [-0.39, 0.29) is 11.9 Å². The zero-order chi connectivity index (χ0) is 62.5. The van der Waals surface area contributed by atoms with Crippen molar-refractivity contribution >= 4 is 59.2 Å². The standard InChI is InChI=1S/C40H58Si.C40H60Si.2Sn/c1-23(2)30-20-32(24(3)4)36(33(21-30)25(5)6)29-17-16-18-31(19-29)40-37(28(11)12)38(40)34(26(7)8)22-35(27(9)10)39(40)41(13,14)15;1-24(2)32-20-34(26(5)6)38(35(21-32)27(7)8)30-17-16-18-31(19-30)39-36(28(9)10)22-33(25(3)4)23-37(29(11)12)40(39)41(13,14)15;;/h16-18,20-28,38H,1-15H3;16-18,20-22,24-29,37H,23H2,1-15H3;;. The molecule has 9 rings (SSSR count). The molecule has 454 valence electrons. The first-order valence-corrected chi connectivity index (χ1v) is 57.9. The van der Waals surface area contributed by atoms with Crippen molar-refractivity contribution in [3.63, 3.8) is 0 Å². The molecule has 5 atom stereocenters. The third-order valence-corrected chi connectivity index (χ3v) is 92.3. The molecule has 2 aliphatic heterocycles. The van der Waals surface area contributed by atoms with E-state index in [1.807, 2.05) is 29.1 Å². The summed E-state index contributed by atoms with van der Waals surface area (Å²) in [5.74, 6) is 6.61. The van der Waals surface area contributed by atoms with E-state index >= 15 is 0 Å². The molecule has 5 aliphatic rings. The first kappa shape index (κ1) is 66.3. The molecular weight excluding hydrogens is 1250 g/mol. The Bertz CT molecular complexity index is 3370. The number of allylic oxidation sites excluding steroid dienone is 8. The second kappa shape index (κ2) is 23.3. The van der Waals surface area contributed by atoms with Gasteiger partial charge in [-0.15, -0.1) is 0 Å². The van der Waals surface area contributed by atoms with E-state index in [2.05, 4.69) is 278 Å². The van der Waals surface area contributed by atoms with Gasteiger partial charge in [0.05, 0.1) is 0 Å². The van der Waals surface area contributed by atoms with Crippen molar-refractivity contribution in [3.8, 4) is 22.3 Å². The van der Waals surface area contributed by atoms with E-state index in [4.69, 9.17) is 0 Å². The Morgan fingerprint density at radius 2 is 0.893 bits per heavy atom. The van der Waals surface area contributed by atoms with Crippen molar-refractivity contribution in [1.82, 2.24) is 0 Å². The molecule has 1 fully saturated rings. The Labute approximate surface area is 528 Å². The molecule has 3 aliphatic carbocycles. The summed E-state index contributed by atoms with van der Waals surface area (Å²) in [6.45, 7) is 79.1. The molecule has 84 heavy (non-hydrogen) atoms. The van der Waals surface area contributed by atoms with Crippen LogP contribution < -0.4 is 7.16 Å². The second-order valence-corrected chi connectivity index (χ2v) is 76.2. The summed E-state index contributed by atoms with van der Waals surface area (Å²) in [6.07, 6.45) is 7.04. The Hall–Kier alpha value is -2.13. The monoisotopic (exact) mass is 1370 g/mol. The third kappa shape index (κ3) is 9.74. The molecule has 0 amide bonds. The molecule has 1 spiro atoms. The van der Waals surface area contributed by atoms with Crippen molar-refractivity contribution in [3.05, 3.63) is 145 Å². The van der Waals surface area contributed by atoms with Crippen LogP contribution in [0.15, 0.2) is 100 Å². The summed E-state index contributed by atoms with van der Waals surface area (Å²) in [7, 11) is -4.34. The number of benzene rings is 4. The Morgan fingerprint density at radius 1 is 0.452 bits per heavy atom. The topological polar surface area (TPSA) is 0 Å². The molecule has 0 nitrogen and oxygen atoms in total. The molecule has 0 aromatic heterocycles. The van der Waals surface area contributed by atoms with E-state index in [1.165, 1.54) is 17.5 Å². The summed E-state index contributed by atoms with van der Waals surface area (Å²) >= 11 is -6.89. The zero-order valence-electron chi connectivity index (χ0n) is 59.2. The van der Waals surface area contributed by atoms with Gasteiger partial charge < -0.3 is 0 Å². The number of hydrogen-bond acceptors (Lipinski definition) is 0. The predicted octanol–water partition coefficient (Wildman–Crippen LogP) is 22.9. The molecule has 5 unspecified atom stereocenters. The maximum absolute atomic E-state index is 3.46. The summed E-state index contributed by atoms with van der Waals surface area (Å²) in [6, 6.07) is 27.3. The van der Waals surface area contributed by atoms with Gasteiger partial charge in [0.1, 0.15) is 0 Å². The SMILES string of the molecule is CC(C)C1=CC(C(C)C)=C2c3cccc(-c4c(C(C)C)cc(C(C)C)cc4C(C)C)[c]3/[Sn](=[Sn]3\[c]4c(-c5c(C(C)C)cc(C(C)C)cc5C(C)C)cccc4C45C([Si](C)(C)C)=C(C(C)C)C=C(C(C)C)C4[C]35C(C)C)[C]2([Si](C)(C)C)C(C(C)C)C1. The van der Waals surface area contributed by atoms with Crippen LogP contribution in [0, 0.1) is 47.3 Å². The third-order valence-electron chi connectivity index (χ3n) is 22.3. The van der Waals surface area contributed by atoms with Crippen molar-refractivity contribution in [2.75, 3.05) is 0 Å². The van der Waals surface area contributed by atoms with Gasteiger partial charge in [0.15, 0.2) is 0 Å². The Morgan fingerprint density at radius 3 is 1.26 bits per heavy atom. The predicted molar refractivity (Wildman–Crippen MR) is 384 cm³/mol. The second-order valence-electron chi connectivity index (χ2n) is 33.6. The molecule has 4 aromatic rings. The van der Waals surface area contributed by atoms with Crippen LogP contribution in [0.2, 0.25) is 45.8 Å². The van der Waals surface area contributed by atoms with Gasteiger partial charge in [-0.2, -0.15) is 0 Å². The van der Waals surface area contributed by atoms with Gasteiger partial charge in [0.2, 0.25) is 0 Å². The van der Waals surface area contributed by atoms with E-state index in [9.17, 15) is 0 Å². The fourth-order valence-electron chi connectivity index (χ4n) is 18.8. The Kier molecular flexibility index (Phi) is 18.4. The van der Waals surface area contributed by atoms with Gasteiger partial charge in [0.25, 0.3) is 0 Å². The van der Waals surface area contributed by atoms with Crippen molar-refractivity contribution < 1.29 is 0 Å². The van der Waals surface area contributed by atoms with Gasteiger partial charge >= 0.3 is 533 Å². The van der Waals surface area contributed by atoms with E-state index in [0.717, 1.165) is 0 Å². The molecule has 0 radical (unpaired) electrons. The fraction of sp³-hybridized carbons (Fsp3) is 0.600. The maximum atomic E-state index is 2.97. The normalized spacial score (nSPS) is 24.4. The molecule has 2 heterocycles. The summed E-state index contributed by atoms with van der Waals surface area (Å²) in [5, 5.41) is 1.97. The van der Waals surface area contributed by atoms with Gasteiger partial charge in [-0.25, -0.2) is 0 Å². The summed E-state index contributed by atoms with van der Waals surface area (Å²) < 4.78 is 4.37. The number of rotatable bonds is 16. The van der Waals surface area contributed by atoms with E-state index in [0.29, 0.717) is 82.9 Å². The molecule has 1 saturated carbocycles. The van der Waals surface area contributed by atoms with Crippen LogP contribution in [0.3, 0.4) is 0 Å². The van der Waals surface area contributed by atoms with Gasteiger partial charge in [-0.05, 0) is 0 Å². The first-order chi connectivity index (χ1) is 38.9. The summed E-state index contributed by atoms with van der Waals surface area (Å²) in [4.78, 5) is 0. The van der Waals surface area contributed by atoms with E-state index < -0.39 is 46.5 Å². The number of hydrogen-bond donors (Lipinski definition) is 0. The fourth-order valence-corrected chi connectivity index (χ4v) is 134. The number of fused-ring (bicyclic) bond motifs is 5. The van der Waals surface area contributed by atoms with Crippen LogP contribution in [-0.4, -0.2) is 46.5 Å². The molecule has 4 heteroatoms. The average molecular weight is 1370 g/mol. The van der Waals surface area contributed by atoms with Crippen molar-refractivity contribution in [2.24, 2.45) is 47.3 Å². The molecule has 0 bridgehead atoms. The minimum atomic E-state index is -3.46. The van der Waals surface area contributed by atoms with Crippen LogP contribution in [0.25, 0.3) is 27.8 Å².